The predicted molar refractivity (Wildman–Crippen MR) is 85.9 cm³/mol. The van der Waals surface area contributed by atoms with Crippen molar-refractivity contribution in [3.05, 3.63) is 0 Å². The molecule has 0 unspecified atom stereocenters. The molecule has 22 heavy (non-hydrogen) atoms. The summed E-state index contributed by atoms with van der Waals surface area (Å²) in [6.07, 6.45) is 7.49. The number of carbonyl (C=O) groups excluding carboxylic acids is 2. The van der Waals surface area contributed by atoms with E-state index >= 15 is 0 Å². The largest absolute Gasteiger partial charge is 0.452 e. The molecule has 1 saturated carbocycles. The maximum absolute atomic E-state index is 12.4. The molecule has 1 rings (SSSR count). The Labute approximate surface area is 132 Å². The van der Waals surface area contributed by atoms with Gasteiger partial charge in [-0.3, -0.25) is 14.8 Å². The Morgan fingerprint density at radius 1 is 1.05 bits per heavy atom. The van der Waals surface area contributed by atoms with E-state index in [9.17, 15) is 9.59 Å². The van der Waals surface area contributed by atoms with Gasteiger partial charge in [-0.1, -0.05) is 32.1 Å². The van der Waals surface area contributed by atoms with Gasteiger partial charge in [0.1, 0.15) is 0 Å². The summed E-state index contributed by atoms with van der Waals surface area (Å²) < 4.78 is 4.65. The molecule has 0 atom stereocenters. The summed E-state index contributed by atoms with van der Waals surface area (Å²) in [7, 11) is 5.95. The Morgan fingerprint density at radius 2 is 1.59 bits per heavy atom. The van der Waals surface area contributed by atoms with E-state index in [4.69, 9.17) is 0 Å². The number of nitrogens with one attached hydrogen (secondary N) is 1. The quantitative estimate of drug-likeness (QED) is 0.597. The summed E-state index contributed by atoms with van der Waals surface area (Å²) in [5.74, 6) is 0.246. The molecule has 1 aliphatic carbocycles. The Balaban J connectivity index is 2.63. The van der Waals surface area contributed by atoms with Crippen molar-refractivity contribution in [2.24, 2.45) is 4.99 Å². The normalized spacial score (nSPS) is 17.2. The third-order valence-electron chi connectivity index (χ3n) is 3.99. The molecule has 1 N–H and O–H groups in total. The Bertz CT molecular complexity index is 404. The molecule has 7 heteroatoms. The van der Waals surface area contributed by atoms with E-state index in [-0.39, 0.29) is 18.0 Å². The van der Waals surface area contributed by atoms with E-state index in [0.29, 0.717) is 0 Å². The highest BCUT2D eigenvalue weighted by Gasteiger charge is 2.24. The van der Waals surface area contributed by atoms with Crippen LogP contribution in [-0.4, -0.2) is 62.2 Å². The molecular formula is C15H28N4O3. The summed E-state index contributed by atoms with van der Waals surface area (Å²) in [4.78, 5) is 30.5. The molecule has 126 valence electrons. The monoisotopic (exact) mass is 312 g/mol. The van der Waals surface area contributed by atoms with Crippen LogP contribution in [0.3, 0.4) is 0 Å². The van der Waals surface area contributed by atoms with Crippen molar-refractivity contribution < 1.29 is 14.3 Å². The molecule has 0 heterocycles. The summed E-state index contributed by atoms with van der Waals surface area (Å²) in [6.45, 7) is 0. The number of amides is 3. The van der Waals surface area contributed by atoms with Crippen LogP contribution in [0.4, 0.5) is 9.59 Å². The lowest BCUT2D eigenvalue weighted by molar-refractivity contribution is 0.148. The van der Waals surface area contributed by atoms with Gasteiger partial charge in [0.25, 0.3) is 0 Å². The first-order chi connectivity index (χ1) is 10.5. The van der Waals surface area contributed by atoms with Gasteiger partial charge in [-0.25, -0.2) is 9.59 Å². The van der Waals surface area contributed by atoms with Gasteiger partial charge in [0.15, 0.2) is 0 Å². The summed E-state index contributed by atoms with van der Waals surface area (Å²) in [6, 6.07) is -0.0567. The van der Waals surface area contributed by atoms with Crippen LogP contribution in [0.2, 0.25) is 0 Å². The van der Waals surface area contributed by atoms with Crippen LogP contribution in [0.25, 0.3) is 0 Å². The standard InChI is InChI=1S/C15H28N4O3/c1-16-13(19(3)15(21)22-4)18(2)14(20)17-12-10-8-6-5-7-9-11-12/h12H,5-11H2,1-4H3,(H,17,20). The fourth-order valence-electron chi connectivity index (χ4n) is 2.71. The van der Waals surface area contributed by atoms with E-state index in [1.54, 1.807) is 7.05 Å². The molecular weight excluding hydrogens is 284 g/mol. The first kappa shape index (κ1) is 18.3. The zero-order valence-corrected chi connectivity index (χ0v) is 14.1. The minimum atomic E-state index is -0.564. The SMILES string of the molecule is CN=C(N(C)C(=O)NC1CCCCCCC1)N(C)C(=O)OC. The first-order valence-corrected chi connectivity index (χ1v) is 7.84. The summed E-state index contributed by atoms with van der Waals surface area (Å²) in [5.41, 5.74) is 0. The van der Waals surface area contributed by atoms with Crippen LogP contribution in [0.1, 0.15) is 44.9 Å². The number of guanidine groups is 1. The molecule has 0 aromatic heterocycles. The van der Waals surface area contributed by atoms with Crippen molar-refractivity contribution in [2.45, 2.75) is 51.0 Å². The molecule has 0 spiro atoms. The maximum atomic E-state index is 12.4. The zero-order valence-electron chi connectivity index (χ0n) is 14.1. The van der Waals surface area contributed by atoms with E-state index in [2.05, 4.69) is 15.0 Å². The van der Waals surface area contributed by atoms with Crippen LogP contribution >= 0.6 is 0 Å². The van der Waals surface area contributed by atoms with Gasteiger partial charge in [-0.2, -0.15) is 0 Å². The fraction of sp³-hybridized carbons (Fsp3) is 0.800. The van der Waals surface area contributed by atoms with E-state index in [1.807, 2.05) is 0 Å². The van der Waals surface area contributed by atoms with E-state index in [1.165, 1.54) is 50.3 Å². The number of hydrogen-bond acceptors (Lipinski definition) is 4. The van der Waals surface area contributed by atoms with Crippen molar-refractivity contribution in [3.8, 4) is 0 Å². The van der Waals surface area contributed by atoms with E-state index < -0.39 is 6.09 Å². The number of carbonyl (C=O) groups is 2. The average molecular weight is 312 g/mol. The minimum Gasteiger partial charge on any atom is -0.452 e. The van der Waals surface area contributed by atoms with Crippen LogP contribution in [0.5, 0.6) is 0 Å². The highest BCUT2D eigenvalue weighted by Crippen LogP contribution is 2.17. The minimum absolute atomic E-state index is 0.191. The van der Waals surface area contributed by atoms with Gasteiger partial charge >= 0.3 is 12.1 Å². The van der Waals surface area contributed by atoms with Crippen LogP contribution < -0.4 is 5.32 Å². The number of hydrogen-bond donors (Lipinski definition) is 1. The van der Waals surface area contributed by atoms with Crippen LogP contribution in [0, 0.1) is 0 Å². The molecule has 0 bridgehead atoms. The number of urea groups is 1. The topological polar surface area (TPSA) is 74.2 Å². The van der Waals surface area contributed by atoms with Crippen molar-refractivity contribution in [1.29, 1.82) is 0 Å². The summed E-state index contributed by atoms with van der Waals surface area (Å²) in [5, 5.41) is 3.04. The fourth-order valence-corrected chi connectivity index (χ4v) is 2.71. The van der Waals surface area contributed by atoms with Gasteiger partial charge in [-0.15, -0.1) is 0 Å². The summed E-state index contributed by atoms with van der Waals surface area (Å²) >= 11 is 0. The lowest BCUT2D eigenvalue weighted by Crippen LogP contribution is -2.51. The molecule has 3 amide bonds. The van der Waals surface area contributed by atoms with Crippen LogP contribution in [-0.2, 0) is 4.74 Å². The van der Waals surface area contributed by atoms with Gasteiger partial charge < -0.3 is 10.1 Å². The van der Waals surface area contributed by atoms with Gasteiger partial charge in [0.2, 0.25) is 5.96 Å². The van der Waals surface area contributed by atoms with Gasteiger partial charge in [-0.05, 0) is 12.8 Å². The molecule has 0 radical (unpaired) electrons. The van der Waals surface area contributed by atoms with Crippen LogP contribution in [0.15, 0.2) is 4.99 Å². The van der Waals surface area contributed by atoms with Crippen molar-refractivity contribution in [3.63, 3.8) is 0 Å². The maximum Gasteiger partial charge on any atom is 0.416 e. The third-order valence-corrected chi connectivity index (χ3v) is 3.99. The number of rotatable bonds is 1. The Hall–Kier alpha value is -1.79. The third kappa shape index (κ3) is 5.20. The molecule has 0 saturated heterocycles. The number of aliphatic imine (C=N–C) groups is 1. The number of nitrogens with zero attached hydrogens (tertiary/aromatic N) is 3. The lowest BCUT2D eigenvalue weighted by atomic mass is 9.97. The highest BCUT2D eigenvalue weighted by molar-refractivity contribution is 6.02. The second-order valence-corrected chi connectivity index (χ2v) is 5.60. The van der Waals surface area contributed by atoms with Gasteiger partial charge in [0.05, 0.1) is 7.11 Å². The molecule has 1 aliphatic rings. The second kappa shape index (κ2) is 9.27. The number of ether oxygens (including phenoxy) is 1. The van der Waals surface area contributed by atoms with Crippen molar-refractivity contribution in [2.75, 3.05) is 28.3 Å². The van der Waals surface area contributed by atoms with Crippen molar-refractivity contribution >= 4 is 18.1 Å². The zero-order chi connectivity index (χ0) is 16.5. The Morgan fingerprint density at radius 3 is 2.09 bits per heavy atom. The lowest BCUT2D eigenvalue weighted by Gasteiger charge is -2.28. The molecule has 0 aliphatic heterocycles. The molecule has 1 fully saturated rings. The smallest absolute Gasteiger partial charge is 0.416 e. The van der Waals surface area contributed by atoms with E-state index in [0.717, 1.165) is 25.7 Å². The Kier molecular flexibility index (Phi) is 7.70. The van der Waals surface area contributed by atoms with Crippen molar-refractivity contribution in [1.82, 2.24) is 15.1 Å². The highest BCUT2D eigenvalue weighted by atomic mass is 16.5. The molecule has 0 aromatic carbocycles. The molecule has 7 nitrogen and oxygen atoms in total. The molecule has 0 aromatic rings. The predicted octanol–water partition coefficient (Wildman–Crippen LogP) is 2.42. The second-order valence-electron chi connectivity index (χ2n) is 5.60. The number of methoxy groups -OCH3 is 1. The van der Waals surface area contributed by atoms with Gasteiger partial charge in [0, 0.05) is 27.2 Å². The first-order valence-electron chi connectivity index (χ1n) is 7.84. The average Bonchev–Trinajstić information content (AvgIpc) is 2.49.